The van der Waals surface area contributed by atoms with Crippen LogP contribution >= 0.6 is 0 Å². The second-order valence-electron chi connectivity index (χ2n) is 4.98. The molecule has 3 rings (SSSR count). The molecule has 1 amide bonds. The first kappa shape index (κ1) is 13.2. The van der Waals surface area contributed by atoms with Crippen molar-refractivity contribution in [3.05, 3.63) is 71.8 Å². The van der Waals surface area contributed by atoms with Crippen LogP contribution in [-0.4, -0.2) is 11.0 Å². The van der Waals surface area contributed by atoms with Crippen LogP contribution in [0, 0.1) is 6.92 Å². The molecule has 3 aromatic rings. The van der Waals surface area contributed by atoms with Gasteiger partial charge >= 0.3 is 0 Å². The first-order chi connectivity index (χ1) is 10.1. The molecule has 0 spiro atoms. The summed E-state index contributed by atoms with van der Waals surface area (Å²) in [5, 5.41) is 14.7. The Hall–Kier alpha value is -2.81. The Morgan fingerprint density at radius 1 is 1.00 bits per heavy atom. The van der Waals surface area contributed by atoms with Crippen LogP contribution < -0.4 is 5.32 Å². The van der Waals surface area contributed by atoms with Gasteiger partial charge in [0.15, 0.2) is 0 Å². The van der Waals surface area contributed by atoms with Crippen molar-refractivity contribution in [2.45, 2.75) is 6.92 Å². The Balaban J connectivity index is 1.94. The van der Waals surface area contributed by atoms with Crippen LogP contribution in [0.1, 0.15) is 15.9 Å². The minimum atomic E-state index is -0.235. The average molecular weight is 277 g/mol. The van der Waals surface area contributed by atoms with Crippen LogP contribution in [0.15, 0.2) is 60.7 Å². The van der Waals surface area contributed by atoms with E-state index in [0.29, 0.717) is 5.56 Å². The Morgan fingerprint density at radius 3 is 2.57 bits per heavy atom. The van der Waals surface area contributed by atoms with Gasteiger partial charge in [0.25, 0.3) is 5.91 Å². The summed E-state index contributed by atoms with van der Waals surface area (Å²) < 4.78 is 0. The number of nitrogens with one attached hydrogen (secondary N) is 1. The highest BCUT2D eigenvalue weighted by atomic mass is 16.3. The zero-order chi connectivity index (χ0) is 14.8. The number of fused-ring (bicyclic) bond motifs is 1. The van der Waals surface area contributed by atoms with Gasteiger partial charge < -0.3 is 10.4 Å². The number of hydrogen-bond donors (Lipinski definition) is 2. The molecule has 0 aliphatic heterocycles. The predicted molar refractivity (Wildman–Crippen MR) is 84.7 cm³/mol. The fraction of sp³-hybridized carbons (Fsp3) is 0.0556. The van der Waals surface area contributed by atoms with Crippen molar-refractivity contribution < 1.29 is 9.90 Å². The lowest BCUT2D eigenvalue weighted by Crippen LogP contribution is -2.12. The van der Waals surface area contributed by atoms with E-state index >= 15 is 0 Å². The molecule has 0 bridgehead atoms. The molecule has 0 saturated heterocycles. The summed E-state index contributed by atoms with van der Waals surface area (Å²) >= 11 is 0. The summed E-state index contributed by atoms with van der Waals surface area (Å²) in [4.78, 5) is 12.3. The fourth-order valence-corrected chi connectivity index (χ4v) is 2.28. The summed E-state index contributed by atoms with van der Waals surface area (Å²) in [5.74, 6) is -0.109. The maximum atomic E-state index is 12.3. The molecule has 104 valence electrons. The molecule has 3 nitrogen and oxygen atoms in total. The van der Waals surface area contributed by atoms with Crippen LogP contribution in [0.25, 0.3) is 10.8 Å². The number of aromatic hydroxyl groups is 1. The number of phenols is 1. The second-order valence-corrected chi connectivity index (χ2v) is 4.98. The Labute approximate surface area is 122 Å². The third-order valence-corrected chi connectivity index (χ3v) is 3.51. The average Bonchev–Trinajstić information content (AvgIpc) is 2.50. The van der Waals surface area contributed by atoms with E-state index in [4.69, 9.17) is 0 Å². The number of carbonyl (C=O) groups excluding carboxylic acids is 1. The van der Waals surface area contributed by atoms with E-state index in [9.17, 15) is 9.90 Å². The summed E-state index contributed by atoms with van der Waals surface area (Å²) in [7, 11) is 0. The van der Waals surface area contributed by atoms with Crippen molar-refractivity contribution in [3.8, 4) is 5.75 Å². The Kier molecular flexibility index (Phi) is 3.32. The van der Waals surface area contributed by atoms with Gasteiger partial charge in [-0.3, -0.25) is 4.79 Å². The van der Waals surface area contributed by atoms with Gasteiger partial charge in [-0.2, -0.15) is 0 Å². The third-order valence-electron chi connectivity index (χ3n) is 3.51. The largest absolute Gasteiger partial charge is 0.508 e. The summed E-state index contributed by atoms with van der Waals surface area (Å²) in [6.07, 6.45) is 0. The van der Waals surface area contributed by atoms with Gasteiger partial charge in [0.2, 0.25) is 0 Å². The number of amides is 1. The minimum Gasteiger partial charge on any atom is -0.508 e. The summed E-state index contributed by atoms with van der Waals surface area (Å²) in [6, 6.07) is 18.6. The van der Waals surface area contributed by atoms with Crippen LogP contribution in [-0.2, 0) is 0 Å². The monoisotopic (exact) mass is 277 g/mol. The number of hydrogen-bond acceptors (Lipinski definition) is 2. The van der Waals surface area contributed by atoms with E-state index in [1.165, 1.54) is 6.07 Å². The van der Waals surface area contributed by atoms with Gasteiger partial charge in [-0.15, -0.1) is 0 Å². The molecule has 3 aromatic carbocycles. The van der Waals surface area contributed by atoms with E-state index in [0.717, 1.165) is 22.0 Å². The van der Waals surface area contributed by atoms with Crippen molar-refractivity contribution in [1.82, 2.24) is 0 Å². The molecule has 0 heterocycles. The lowest BCUT2D eigenvalue weighted by atomic mass is 10.1. The molecule has 2 N–H and O–H groups in total. The number of rotatable bonds is 2. The van der Waals surface area contributed by atoms with Crippen LogP contribution in [0.5, 0.6) is 5.75 Å². The third kappa shape index (κ3) is 2.58. The molecular formula is C18H15NO2. The first-order valence-corrected chi connectivity index (χ1v) is 6.74. The SMILES string of the molecule is Cc1ccc(C(=O)Nc2cccc3ccccc23)cc1O. The molecule has 0 aliphatic carbocycles. The first-order valence-electron chi connectivity index (χ1n) is 6.74. The van der Waals surface area contributed by atoms with E-state index in [1.54, 1.807) is 19.1 Å². The van der Waals surface area contributed by atoms with E-state index in [-0.39, 0.29) is 11.7 Å². The van der Waals surface area contributed by atoms with Crippen molar-refractivity contribution in [1.29, 1.82) is 0 Å². The van der Waals surface area contributed by atoms with Crippen molar-refractivity contribution in [2.24, 2.45) is 0 Å². The molecule has 0 radical (unpaired) electrons. The second kappa shape index (κ2) is 5.29. The topological polar surface area (TPSA) is 49.3 Å². The molecule has 21 heavy (non-hydrogen) atoms. The highest BCUT2D eigenvalue weighted by Crippen LogP contribution is 2.24. The fourth-order valence-electron chi connectivity index (χ4n) is 2.28. The zero-order valence-corrected chi connectivity index (χ0v) is 11.6. The van der Waals surface area contributed by atoms with Crippen LogP contribution in [0.3, 0.4) is 0 Å². The van der Waals surface area contributed by atoms with Gasteiger partial charge in [0.05, 0.1) is 0 Å². The van der Waals surface area contributed by atoms with Crippen LogP contribution in [0.2, 0.25) is 0 Å². The van der Waals surface area contributed by atoms with Gasteiger partial charge in [0.1, 0.15) is 5.75 Å². The molecular weight excluding hydrogens is 262 g/mol. The van der Waals surface area contributed by atoms with Crippen molar-refractivity contribution >= 4 is 22.4 Å². The van der Waals surface area contributed by atoms with Crippen molar-refractivity contribution in [2.75, 3.05) is 5.32 Å². The van der Waals surface area contributed by atoms with Crippen molar-refractivity contribution in [3.63, 3.8) is 0 Å². The molecule has 3 heteroatoms. The molecule has 0 aromatic heterocycles. The van der Waals surface area contributed by atoms with E-state index in [2.05, 4.69) is 5.32 Å². The maximum Gasteiger partial charge on any atom is 0.255 e. The standard InChI is InChI=1S/C18H15NO2/c1-12-9-10-14(11-17(12)20)18(21)19-16-8-4-6-13-5-2-3-7-15(13)16/h2-11,20H,1H3,(H,19,21). The molecule has 0 aliphatic rings. The van der Waals surface area contributed by atoms with Crippen LogP contribution in [0.4, 0.5) is 5.69 Å². The number of anilines is 1. The van der Waals surface area contributed by atoms with E-state index < -0.39 is 0 Å². The quantitative estimate of drug-likeness (QED) is 0.740. The smallest absolute Gasteiger partial charge is 0.255 e. The van der Waals surface area contributed by atoms with E-state index in [1.807, 2.05) is 42.5 Å². The molecule has 0 saturated carbocycles. The Bertz CT molecular complexity index is 819. The zero-order valence-electron chi connectivity index (χ0n) is 11.6. The van der Waals surface area contributed by atoms with Gasteiger partial charge in [-0.25, -0.2) is 0 Å². The summed E-state index contributed by atoms with van der Waals surface area (Å²) in [5.41, 5.74) is 1.95. The summed E-state index contributed by atoms with van der Waals surface area (Å²) in [6.45, 7) is 1.79. The highest BCUT2D eigenvalue weighted by molar-refractivity contribution is 6.09. The molecule has 0 unspecified atom stereocenters. The normalized spacial score (nSPS) is 10.5. The molecule has 0 atom stereocenters. The van der Waals surface area contributed by atoms with Gasteiger partial charge in [-0.1, -0.05) is 42.5 Å². The number of carbonyl (C=O) groups is 1. The number of phenolic OH excluding ortho intramolecular Hbond substituents is 1. The highest BCUT2D eigenvalue weighted by Gasteiger charge is 2.09. The van der Waals surface area contributed by atoms with Gasteiger partial charge in [0, 0.05) is 16.6 Å². The maximum absolute atomic E-state index is 12.3. The van der Waals surface area contributed by atoms with Gasteiger partial charge in [-0.05, 0) is 36.1 Å². The lowest BCUT2D eigenvalue weighted by Gasteiger charge is -2.09. The Morgan fingerprint density at radius 2 is 1.76 bits per heavy atom. The lowest BCUT2D eigenvalue weighted by molar-refractivity contribution is 0.102. The minimum absolute atomic E-state index is 0.126. The number of aryl methyl sites for hydroxylation is 1. The molecule has 0 fully saturated rings. The predicted octanol–water partition coefficient (Wildman–Crippen LogP) is 4.11. The number of benzene rings is 3.